The molecular weight excluding hydrogens is 328 g/mol. The molecule has 1 aliphatic carbocycles. The zero-order chi connectivity index (χ0) is 18.4. The van der Waals surface area contributed by atoms with Crippen LogP contribution < -0.4 is 0 Å². The number of carbonyl (C=O) groups excluding carboxylic acids is 3. The van der Waals surface area contributed by atoms with E-state index >= 15 is 0 Å². The van der Waals surface area contributed by atoms with Gasteiger partial charge in [-0.25, -0.2) is 4.79 Å². The normalized spacial score (nSPS) is 12.7. The van der Waals surface area contributed by atoms with Gasteiger partial charge in [0.25, 0.3) is 0 Å². The number of fused-ring (bicyclic) bond motifs is 3. The van der Waals surface area contributed by atoms with Crippen LogP contribution in [0.15, 0.2) is 48.5 Å². The lowest BCUT2D eigenvalue weighted by atomic mass is 9.79. The third-order valence-electron chi connectivity index (χ3n) is 4.77. The van der Waals surface area contributed by atoms with E-state index < -0.39 is 5.97 Å². The lowest BCUT2D eigenvalue weighted by Gasteiger charge is -2.21. The number of hydrogen-bond acceptors (Lipinski definition) is 4. The summed E-state index contributed by atoms with van der Waals surface area (Å²) >= 11 is 0. The summed E-state index contributed by atoms with van der Waals surface area (Å²) in [6.45, 7) is 3.81. The van der Waals surface area contributed by atoms with Gasteiger partial charge in [0.2, 0.25) is 0 Å². The number of rotatable bonds is 2. The number of benzene rings is 3. The monoisotopic (exact) mass is 344 g/mol. The van der Waals surface area contributed by atoms with Crippen molar-refractivity contribution >= 4 is 28.3 Å². The minimum atomic E-state index is -0.583. The Morgan fingerprint density at radius 3 is 2.27 bits per heavy atom. The van der Waals surface area contributed by atoms with Gasteiger partial charge in [0.15, 0.2) is 11.6 Å². The van der Waals surface area contributed by atoms with Crippen LogP contribution in [-0.2, 0) is 4.74 Å². The van der Waals surface area contributed by atoms with E-state index in [2.05, 4.69) is 0 Å². The molecule has 0 heterocycles. The van der Waals surface area contributed by atoms with Gasteiger partial charge in [0.05, 0.1) is 12.2 Å². The number of aryl methyl sites for hydroxylation is 1. The van der Waals surface area contributed by atoms with Crippen LogP contribution in [0.4, 0.5) is 0 Å². The second-order valence-corrected chi connectivity index (χ2v) is 6.27. The maximum absolute atomic E-state index is 13.2. The van der Waals surface area contributed by atoms with Crippen LogP contribution in [0.5, 0.6) is 0 Å². The van der Waals surface area contributed by atoms with Crippen LogP contribution in [0.2, 0.25) is 0 Å². The average molecular weight is 344 g/mol. The largest absolute Gasteiger partial charge is 0.462 e. The van der Waals surface area contributed by atoms with Crippen molar-refractivity contribution in [2.75, 3.05) is 6.61 Å². The van der Waals surface area contributed by atoms with E-state index in [0.29, 0.717) is 16.5 Å². The van der Waals surface area contributed by atoms with Crippen LogP contribution in [0.1, 0.15) is 54.7 Å². The molecule has 0 saturated heterocycles. The summed E-state index contributed by atoms with van der Waals surface area (Å²) in [5.41, 5.74) is 2.20. The number of ether oxygens (including phenoxy) is 1. The smallest absolute Gasteiger partial charge is 0.339 e. The first-order valence-corrected chi connectivity index (χ1v) is 8.46. The third-order valence-corrected chi connectivity index (χ3v) is 4.77. The fourth-order valence-electron chi connectivity index (χ4n) is 3.57. The number of esters is 1. The summed E-state index contributed by atoms with van der Waals surface area (Å²) in [5, 5.41) is 1.40. The Bertz CT molecular complexity index is 1110. The Hall–Kier alpha value is -3.27. The molecule has 0 fully saturated rings. The Morgan fingerprint density at radius 1 is 0.885 bits per heavy atom. The molecule has 4 rings (SSSR count). The van der Waals surface area contributed by atoms with Gasteiger partial charge in [-0.05, 0) is 36.2 Å². The number of hydrogen-bond donors (Lipinski definition) is 0. The third kappa shape index (κ3) is 2.19. The van der Waals surface area contributed by atoms with E-state index in [9.17, 15) is 14.4 Å². The Morgan fingerprint density at radius 2 is 1.58 bits per heavy atom. The van der Waals surface area contributed by atoms with Gasteiger partial charge in [-0.3, -0.25) is 9.59 Å². The maximum Gasteiger partial charge on any atom is 0.339 e. The molecule has 0 N–H and O–H groups in total. The second-order valence-electron chi connectivity index (χ2n) is 6.27. The molecule has 0 aliphatic heterocycles. The van der Waals surface area contributed by atoms with Crippen LogP contribution in [0.3, 0.4) is 0 Å². The lowest BCUT2D eigenvalue weighted by molar-refractivity contribution is 0.0526. The molecule has 0 aromatic heterocycles. The molecule has 4 nitrogen and oxygen atoms in total. The summed E-state index contributed by atoms with van der Waals surface area (Å²) in [6.07, 6.45) is 0. The Kier molecular flexibility index (Phi) is 3.69. The fraction of sp³-hybridized carbons (Fsp3) is 0.136. The summed E-state index contributed by atoms with van der Waals surface area (Å²) in [7, 11) is 0. The first-order valence-electron chi connectivity index (χ1n) is 8.46. The molecule has 0 saturated carbocycles. The minimum Gasteiger partial charge on any atom is -0.462 e. The molecule has 0 unspecified atom stereocenters. The molecule has 26 heavy (non-hydrogen) atoms. The van der Waals surface area contributed by atoms with Gasteiger partial charge in [-0.1, -0.05) is 42.5 Å². The van der Waals surface area contributed by atoms with Gasteiger partial charge in [0.1, 0.15) is 0 Å². The highest BCUT2D eigenvalue weighted by Gasteiger charge is 2.35. The highest BCUT2D eigenvalue weighted by atomic mass is 16.5. The summed E-state index contributed by atoms with van der Waals surface area (Å²) < 4.78 is 5.21. The quantitative estimate of drug-likeness (QED) is 0.514. The molecule has 0 amide bonds. The average Bonchev–Trinajstić information content (AvgIpc) is 2.65. The molecule has 3 aromatic rings. The van der Waals surface area contributed by atoms with Crippen LogP contribution in [-0.4, -0.2) is 24.1 Å². The molecule has 4 heteroatoms. The van der Waals surface area contributed by atoms with E-state index in [4.69, 9.17) is 4.74 Å². The fourth-order valence-corrected chi connectivity index (χ4v) is 3.57. The van der Waals surface area contributed by atoms with E-state index in [1.807, 2.05) is 19.1 Å². The molecule has 0 atom stereocenters. The molecule has 128 valence electrons. The van der Waals surface area contributed by atoms with E-state index in [1.165, 1.54) is 0 Å². The van der Waals surface area contributed by atoms with Crippen molar-refractivity contribution in [1.82, 2.24) is 0 Å². The topological polar surface area (TPSA) is 60.4 Å². The van der Waals surface area contributed by atoms with Crippen molar-refractivity contribution in [3.05, 3.63) is 81.9 Å². The van der Waals surface area contributed by atoms with Crippen molar-refractivity contribution in [2.24, 2.45) is 0 Å². The van der Waals surface area contributed by atoms with Crippen molar-refractivity contribution < 1.29 is 19.1 Å². The Labute approximate surface area is 150 Å². The van der Waals surface area contributed by atoms with Gasteiger partial charge in [-0.2, -0.15) is 0 Å². The number of carbonyl (C=O) groups is 3. The minimum absolute atomic E-state index is 0.144. The van der Waals surface area contributed by atoms with Crippen molar-refractivity contribution in [2.45, 2.75) is 13.8 Å². The van der Waals surface area contributed by atoms with Gasteiger partial charge >= 0.3 is 5.97 Å². The number of ketones is 2. The predicted octanol–water partition coefficient (Wildman–Crippen LogP) is 4.10. The second kappa shape index (κ2) is 5.92. The van der Waals surface area contributed by atoms with Crippen molar-refractivity contribution in [3.63, 3.8) is 0 Å². The lowest BCUT2D eigenvalue weighted by Crippen LogP contribution is -2.25. The summed E-state index contributed by atoms with van der Waals surface area (Å²) in [6, 6.07) is 13.9. The van der Waals surface area contributed by atoms with E-state index in [1.54, 1.807) is 43.3 Å². The molecule has 0 bridgehead atoms. The zero-order valence-electron chi connectivity index (χ0n) is 14.5. The Balaban J connectivity index is 2.14. The molecule has 1 aliphatic rings. The highest BCUT2D eigenvalue weighted by Crippen LogP contribution is 2.35. The molecule has 0 radical (unpaired) electrons. The summed E-state index contributed by atoms with van der Waals surface area (Å²) in [5.74, 6) is -1.15. The standard InChI is InChI=1S/C22H16O4/c1-3-26-22(25)19-13-10-6-7-12(2)16(13)11-17-18(19)21(24)15-9-5-4-8-14(15)20(17)23/h4-11H,3H2,1-2H3. The zero-order valence-corrected chi connectivity index (χ0v) is 14.5. The van der Waals surface area contributed by atoms with Gasteiger partial charge in [-0.15, -0.1) is 0 Å². The van der Waals surface area contributed by atoms with Crippen molar-refractivity contribution in [3.8, 4) is 0 Å². The predicted molar refractivity (Wildman–Crippen MR) is 97.9 cm³/mol. The van der Waals surface area contributed by atoms with Gasteiger partial charge in [0, 0.05) is 22.3 Å². The maximum atomic E-state index is 13.2. The van der Waals surface area contributed by atoms with Gasteiger partial charge < -0.3 is 4.74 Å². The first kappa shape index (κ1) is 16.2. The van der Waals surface area contributed by atoms with E-state index in [-0.39, 0.29) is 34.9 Å². The first-order chi connectivity index (χ1) is 12.5. The van der Waals surface area contributed by atoms with E-state index in [0.717, 1.165) is 10.9 Å². The van der Waals surface area contributed by atoms with Crippen LogP contribution >= 0.6 is 0 Å². The SMILES string of the molecule is CCOC(=O)c1c2c(cc3c(C)cccc13)C(=O)c1ccccc1C2=O. The summed E-state index contributed by atoms with van der Waals surface area (Å²) in [4.78, 5) is 38.9. The molecule has 0 spiro atoms. The van der Waals surface area contributed by atoms with Crippen LogP contribution in [0, 0.1) is 6.92 Å². The van der Waals surface area contributed by atoms with Crippen molar-refractivity contribution in [1.29, 1.82) is 0 Å². The highest BCUT2D eigenvalue weighted by molar-refractivity contribution is 6.33. The molecular formula is C22H16O4. The van der Waals surface area contributed by atoms with Crippen LogP contribution in [0.25, 0.3) is 10.8 Å². The molecule has 3 aromatic carbocycles.